The summed E-state index contributed by atoms with van der Waals surface area (Å²) in [6.45, 7) is 2.07. The third-order valence-corrected chi connectivity index (χ3v) is 6.43. The van der Waals surface area contributed by atoms with Gasteiger partial charge < -0.3 is 11.1 Å². The summed E-state index contributed by atoms with van der Waals surface area (Å²) in [5, 5.41) is 11.0. The van der Waals surface area contributed by atoms with Crippen LogP contribution in [0.25, 0.3) is 0 Å². The first-order valence-corrected chi connectivity index (χ1v) is 10.5. The van der Waals surface area contributed by atoms with Gasteiger partial charge >= 0.3 is 5.69 Å². The van der Waals surface area contributed by atoms with Gasteiger partial charge in [-0.05, 0) is 24.6 Å². The highest BCUT2D eigenvalue weighted by Gasteiger charge is 2.26. The first-order valence-electron chi connectivity index (χ1n) is 8.77. The summed E-state index contributed by atoms with van der Waals surface area (Å²) in [6.07, 6.45) is 0. The molecule has 3 rings (SSSR count). The van der Waals surface area contributed by atoms with Crippen molar-refractivity contribution < 1.29 is 9.18 Å². The van der Waals surface area contributed by atoms with E-state index in [1.54, 1.807) is 19.1 Å². The van der Waals surface area contributed by atoms with E-state index >= 15 is 0 Å². The lowest BCUT2D eigenvalue weighted by atomic mass is 10.1. The SMILES string of the molecule is CC(Sc1nnc(NCc2ccc(F)cc2)s1)C(=O)c1c(N)n(C)c(=O)n(C)c1=O. The van der Waals surface area contributed by atoms with Crippen molar-refractivity contribution in [3.63, 3.8) is 0 Å². The fourth-order valence-corrected chi connectivity index (χ4v) is 4.56. The maximum Gasteiger partial charge on any atom is 0.332 e. The number of nitrogens with one attached hydrogen (secondary N) is 1. The summed E-state index contributed by atoms with van der Waals surface area (Å²) in [5.41, 5.74) is 5.18. The van der Waals surface area contributed by atoms with E-state index in [-0.39, 0.29) is 17.2 Å². The number of hydrogen-bond acceptors (Lipinski definition) is 9. The van der Waals surface area contributed by atoms with E-state index in [1.165, 1.54) is 37.6 Å². The standard InChI is InChI=1S/C18H19FN6O3S2/c1-9(13(26)12-14(20)24(2)18(28)25(3)15(12)27)29-17-23-22-16(30-17)21-8-10-4-6-11(19)7-5-10/h4-7,9H,8,20H2,1-3H3,(H,21,22). The van der Waals surface area contributed by atoms with E-state index < -0.39 is 22.3 Å². The zero-order chi connectivity index (χ0) is 22.0. The van der Waals surface area contributed by atoms with Crippen molar-refractivity contribution in [3.05, 3.63) is 62.0 Å². The van der Waals surface area contributed by atoms with Gasteiger partial charge in [-0.3, -0.25) is 18.7 Å². The second-order valence-corrected chi connectivity index (χ2v) is 9.01. The smallest absolute Gasteiger partial charge is 0.332 e. The first-order chi connectivity index (χ1) is 14.2. The average Bonchev–Trinajstić information content (AvgIpc) is 3.17. The van der Waals surface area contributed by atoms with Crippen molar-refractivity contribution >= 4 is 39.8 Å². The minimum absolute atomic E-state index is 0.167. The van der Waals surface area contributed by atoms with Gasteiger partial charge in [0, 0.05) is 20.6 Å². The highest BCUT2D eigenvalue weighted by atomic mass is 32.2. The molecule has 0 saturated heterocycles. The lowest BCUT2D eigenvalue weighted by Crippen LogP contribution is -2.42. The molecule has 0 spiro atoms. The van der Waals surface area contributed by atoms with Crippen molar-refractivity contribution in [2.45, 2.75) is 23.1 Å². The molecule has 0 saturated carbocycles. The maximum atomic E-state index is 13.0. The minimum atomic E-state index is -0.730. The van der Waals surface area contributed by atoms with Crippen LogP contribution in [-0.4, -0.2) is 30.4 Å². The number of anilines is 2. The number of hydrogen-bond donors (Lipinski definition) is 2. The molecule has 2 aromatic heterocycles. The molecule has 12 heteroatoms. The molecule has 1 aromatic carbocycles. The van der Waals surface area contributed by atoms with Crippen LogP contribution >= 0.6 is 23.1 Å². The average molecular weight is 451 g/mol. The Morgan fingerprint density at radius 2 is 1.90 bits per heavy atom. The van der Waals surface area contributed by atoms with Crippen LogP contribution < -0.4 is 22.3 Å². The Morgan fingerprint density at radius 1 is 1.23 bits per heavy atom. The van der Waals surface area contributed by atoms with Gasteiger partial charge in [-0.25, -0.2) is 9.18 Å². The van der Waals surface area contributed by atoms with Crippen LogP contribution in [0.5, 0.6) is 0 Å². The molecule has 3 aromatic rings. The van der Waals surface area contributed by atoms with E-state index in [0.29, 0.717) is 16.0 Å². The molecule has 158 valence electrons. The Kier molecular flexibility index (Phi) is 6.37. The minimum Gasteiger partial charge on any atom is -0.384 e. The Hall–Kier alpha value is -2.99. The zero-order valence-electron chi connectivity index (χ0n) is 16.4. The molecule has 3 N–H and O–H groups in total. The molecule has 0 fully saturated rings. The molecule has 1 unspecified atom stereocenters. The second-order valence-electron chi connectivity index (χ2n) is 6.44. The molecule has 0 aliphatic heterocycles. The molecule has 0 bridgehead atoms. The summed E-state index contributed by atoms with van der Waals surface area (Å²) < 4.78 is 15.4. The fourth-order valence-electron chi connectivity index (χ4n) is 2.61. The third-order valence-electron chi connectivity index (χ3n) is 4.37. The van der Waals surface area contributed by atoms with Crippen LogP contribution in [0.15, 0.2) is 38.2 Å². The number of aromatic nitrogens is 4. The number of rotatable bonds is 7. The first kappa shape index (κ1) is 21.7. The number of nitrogens with two attached hydrogens (primary N) is 1. The molecular formula is C18H19FN6O3S2. The van der Waals surface area contributed by atoms with Crippen molar-refractivity contribution in [2.75, 3.05) is 11.1 Å². The predicted octanol–water partition coefficient (Wildman–Crippen LogP) is 1.63. The largest absolute Gasteiger partial charge is 0.384 e. The summed E-state index contributed by atoms with van der Waals surface area (Å²) in [6, 6.07) is 6.08. The second kappa shape index (κ2) is 8.79. The van der Waals surface area contributed by atoms with E-state index in [9.17, 15) is 18.8 Å². The normalized spacial score (nSPS) is 12.0. The van der Waals surface area contributed by atoms with Crippen LogP contribution in [0.4, 0.5) is 15.3 Å². The monoisotopic (exact) mass is 450 g/mol. The van der Waals surface area contributed by atoms with Gasteiger partial charge in [-0.15, -0.1) is 10.2 Å². The van der Waals surface area contributed by atoms with E-state index in [2.05, 4.69) is 15.5 Å². The highest BCUT2D eigenvalue weighted by Crippen LogP contribution is 2.30. The molecule has 30 heavy (non-hydrogen) atoms. The van der Waals surface area contributed by atoms with Crippen molar-refractivity contribution in [3.8, 4) is 0 Å². The number of thioether (sulfide) groups is 1. The van der Waals surface area contributed by atoms with Gasteiger partial charge in [-0.1, -0.05) is 35.2 Å². The molecule has 2 heterocycles. The predicted molar refractivity (Wildman–Crippen MR) is 115 cm³/mol. The van der Waals surface area contributed by atoms with Crippen LogP contribution in [0.3, 0.4) is 0 Å². The van der Waals surface area contributed by atoms with Crippen molar-refractivity contribution in [1.29, 1.82) is 0 Å². The molecule has 1 atom stereocenters. The van der Waals surface area contributed by atoms with Gasteiger partial charge in [-0.2, -0.15) is 0 Å². The van der Waals surface area contributed by atoms with Gasteiger partial charge in [0.1, 0.15) is 17.2 Å². The van der Waals surface area contributed by atoms with Gasteiger partial charge in [0.15, 0.2) is 10.1 Å². The van der Waals surface area contributed by atoms with Gasteiger partial charge in [0.2, 0.25) is 5.13 Å². The fraction of sp³-hybridized carbons (Fsp3) is 0.278. The molecule has 0 radical (unpaired) electrons. The number of Topliss-reactive ketones (excluding diaryl/α,β-unsaturated/α-hetero) is 1. The number of nitrogens with zero attached hydrogens (tertiary/aromatic N) is 4. The third kappa shape index (κ3) is 4.44. The Balaban J connectivity index is 1.70. The molecule has 0 aliphatic rings. The van der Waals surface area contributed by atoms with Crippen LogP contribution in [0, 0.1) is 5.82 Å². The number of nitrogen functional groups attached to an aromatic ring is 1. The summed E-state index contributed by atoms with van der Waals surface area (Å²) in [7, 11) is 2.69. The molecule has 9 nitrogen and oxygen atoms in total. The van der Waals surface area contributed by atoms with Crippen LogP contribution in [0.2, 0.25) is 0 Å². The van der Waals surface area contributed by atoms with Gasteiger partial charge in [0.25, 0.3) is 5.56 Å². The van der Waals surface area contributed by atoms with Crippen molar-refractivity contribution in [2.24, 2.45) is 14.1 Å². The van der Waals surface area contributed by atoms with Gasteiger partial charge in [0.05, 0.1) is 5.25 Å². The lowest BCUT2D eigenvalue weighted by Gasteiger charge is -2.13. The van der Waals surface area contributed by atoms with E-state index in [4.69, 9.17) is 5.73 Å². The quantitative estimate of drug-likeness (QED) is 0.411. The number of benzene rings is 1. The summed E-state index contributed by atoms with van der Waals surface area (Å²) in [4.78, 5) is 37.1. The topological polar surface area (TPSA) is 125 Å². The number of carbonyl (C=O) groups is 1. The zero-order valence-corrected chi connectivity index (χ0v) is 18.0. The van der Waals surface area contributed by atoms with Crippen LogP contribution in [-0.2, 0) is 20.6 Å². The lowest BCUT2D eigenvalue weighted by molar-refractivity contribution is 0.0992. The summed E-state index contributed by atoms with van der Waals surface area (Å²) >= 11 is 2.39. The number of halogens is 1. The molecule has 0 amide bonds. The molecular weight excluding hydrogens is 431 g/mol. The Morgan fingerprint density at radius 3 is 2.57 bits per heavy atom. The number of carbonyl (C=O) groups excluding carboxylic acids is 1. The van der Waals surface area contributed by atoms with Crippen molar-refractivity contribution in [1.82, 2.24) is 19.3 Å². The maximum absolute atomic E-state index is 13.0. The molecule has 0 aliphatic carbocycles. The van der Waals surface area contributed by atoms with E-state index in [0.717, 1.165) is 26.5 Å². The Labute approximate surface area is 178 Å². The van der Waals surface area contributed by atoms with Crippen LogP contribution in [0.1, 0.15) is 22.8 Å². The number of ketones is 1. The highest BCUT2D eigenvalue weighted by molar-refractivity contribution is 8.02. The summed E-state index contributed by atoms with van der Waals surface area (Å²) in [5.74, 6) is -0.967. The van der Waals surface area contributed by atoms with E-state index in [1.807, 2.05) is 0 Å². The Bertz CT molecular complexity index is 1200.